The maximum atomic E-state index is 14.5. The molecule has 0 bridgehead atoms. The molecule has 1 amide bonds. The number of rotatable bonds is 6. The number of amides is 1. The summed E-state index contributed by atoms with van der Waals surface area (Å²) in [6, 6.07) is 7.74. The molecule has 1 aromatic carbocycles. The van der Waals surface area contributed by atoms with E-state index in [1.54, 1.807) is 35.4 Å². The van der Waals surface area contributed by atoms with Gasteiger partial charge in [0.25, 0.3) is 5.56 Å². The minimum Gasteiger partial charge on any atom is -0.466 e. The third kappa shape index (κ3) is 4.56. The molecular formula is C22H22FN3O4S2. The second kappa shape index (κ2) is 9.83. The third-order valence-electron chi connectivity index (χ3n) is 5.33. The Morgan fingerprint density at radius 1 is 1.25 bits per heavy atom. The van der Waals surface area contributed by atoms with Gasteiger partial charge in [-0.3, -0.25) is 19.0 Å². The first-order chi connectivity index (χ1) is 15.5. The van der Waals surface area contributed by atoms with Crippen LogP contribution in [0.1, 0.15) is 19.8 Å². The fourth-order valence-corrected chi connectivity index (χ4v) is 5.34. The molecule has 1 aliphatic rings. The van der Waals surface area contributed by atoms with E-state index in [9.17, 15) is 18.8 Å². The summed E-state index contributed by atoms with van der Waals surface area (Å²) in [6.45, 7) is 3.07. The van der Waals surface area contributed by atoms with Gasteiger partial charge in [-0.2, -0.15) is 0 Å². The molecule has 0 unspecified atom stereocenters. The lowest BCUT2D eigenvalue weighted by Crippen LogP contribution is -2.41. The Hall–Kier alpha value is -2.72. The minimum absolute atomic E-state index is 0.0562. The van der Waals surface area contributed by atoms with Crippen LogP contribution < -0.4 is 5.56 Å². The normalized spacial score (nSPS) is 14.6. The molecule has 10 heteroatoms. The Kier molecular flexibility index (Phi) is 6.90. The average Bonchev–Trinajstić information content (AvgIpc) is 3.28. The van der Waals surface area contributed by atoms with Crippen LogP contribution in [-0.2, 0) is 14.3 Å². The Morgan fingerprint density at radius 3 is 2.72 bits per heavy atom. The van der Waals surface area contributed by atoms with E-state index < -0.39 is 5.82 Å². The lowest BCUT2D eigenvalue weighted by molar-refractivity contribution is -0.151. The number of carbonyl (C=O) groups is 2. The van der Waals surface area contributed by atoms with Gasteiger partial charge in [0, 0.05) is 13.1 Å². The number of thioether (sulfide) groups is 1. The lowest BCUT2D eigenvalue weighted by Gasteiger charge is -2.30. The molecule has 7 nitrogen and oxygen atoms in total. The zero-order valence-electron chi connectivity index (χ0n) is 17.5. The predicted molar refractivity (Wildman–Crippen MR) is 122 cm³/mol. The molecule has 0 atom stereocenters. The maximum absolute atomic E-state index is 14.5. The van der Waals surface area contributed by atoms with Crippen LogP contribution in [-0.4, -0.2) is 51.8 Å². The van der Waals surface area contributed by atoms with Gasteiger partial charge in [-0.15, -0.1) is 11.3 Å². The van der Waals surface area contributed by atoms with Crippen molar-refractivity contribution in [1.82, 2.24) is 14.5 Å². The maximum Gasteiger partial charge on any atom is 0.309 e. The van der Waals surface area contributed by atoms with E-state index in [4.69, 9.17) is 4.74 Å². The van der Waals surface area contributed by atoms with Crippen LogP contribution >= 0.6 is 23.1 Å². The van der Waals surface area contributed by atoms with Gasteiger partial charge in [-0.1, -0.05) is 23.9 Å². The summed E-state index contributed by atoms with van der Waals surface area (Å²) in [5.41, 5.74) is 0.267. The zero-order valence-corrected chi connectivity index (χ0v) is 19.1. The highest BCUT2D eigenvalue weighted by Gasteiger charge is 2.28. The van der Waals surface area contributed by atoms with Crippen molar-refractivity contribution in [2.24, 2.45) is 5.92 Å². The van der Waals surface area contributed by atoms with E-state index in [1.165, 1.54) is 28.0 Å². The highest BCUT2D eigenvalue weighted by Crippen LogP contribution is 2.26. The van der Waals surface area contributed by atoms with Crippen LogP contribution in [0.3, 0.4) is 0 Å². The Morgan fingerprint density at radius 2 is 2.00 bits per heavy atom. The van der Waals surface area contributed by atoms with Crippen LogP contribution in [0.5, 0.6) is 0 Å². The highest BCUT2D eigenvalue weighted by atomic mass is 32.2. The van der Waals surface area contributed by atoms with E-state index in [0.717, 1.165) is 11.8 Å². The molecule has 2 aromatic heterocycles. The number of piperidine rings is 1. The molecule has 0 aliphatic carbocycles. The summed E-state index contributed by atoms with van der Waals surface area (Å²) in [6.07, 6.45) is 1.13. The lowest BCUT2D eigenvalue weighted by atomic mass is 9.97. The number of fused-ring (bicyclic) bond motifs is 1. The summed E-state index contributed by atoms with van der Waals surface area (Å²) in [5.74, 6) is -0.990. The predicted octanol–water partition coefficient (Wildman–Crippen LogP) is 3.48. The third-order valence-corrected chi connectivity index (χ3v) is 7.15. The van der Waals surface area contributed by atoms with Crippen LogP contribution in [0, 0.1) is 11.7 Å². The van der Waals surface area contributed by atoms with E-state index in [2.05, 4.69) is 4.98 Å². The molecule has 1 aliphatic heterocycles. The number of hydrogen-bond acceptors (Lipinski definition) is 7. The second-order valence-electron chi connectivity index (χ2n) is 7.32. The molecule has 0 N–H and O–H groups in total. The van der Waals surface area contributed by atoms with E-state index in [1.807, 2.05) is 0 Å². The minimum atomic E-state index is -0.540. The molecule has 0 spiro atoms. The molecule has 0 radical (unpaired) electrons. The summed E-state index contributed by atoms with van der Waals surface area (Å²) >= 11 is 2.36. The molecule has 1 saturated heterocycles. The van der Waals surface area contributed by atoms with Crippen molar-refractivity contribution in [3.63, 3.8) is 0 Å². The number of aromatic nitrogens is 2. The fourth-order valence-electron chi connectivity index (χ4n) is 3.68. The highest BCUT2D eigenvalue weighted by molar-refractivity contribution is 7.99. The Balaban J connectivity index is 1.52. The first-order valence-corrected chi connectivity index (χ1v) is 12.2. The number of esters is 1. The van der Waals surface area contributed by atoms with Gasteiger partial charge >= 0.3 is 5.97 Å². The van der Waals surface area contributed by atoms with Gasteiger partial charge < -0.3 is 9.64 Å². The smallest absolute Gasteiger partial charge is 0.309 e. The zero-order chi connectivity index (χ0) is 22.7. The number of carbonyl (C=O) groups excluding carboxylic acids is 2. The first-order valence-electron chi connectivity index (χ1n) is 10.3. The van der Waals surface area contributed by atoms with Gasteiger partial charge in [0.15, 0.2) is 5.16 Å². The first kappa shape index (κ1) is 22.5. The van der Waals surface area contributed by atoms with Gasteiger partial charge in [-0.05, 0) is 43.3 Å². The number of nitrogens with zero attached hydrogens (tertiary/aromatic N) is 3. The Labute approximate surface area is 192 Å². The van der Waals surface area contributed by atoms with Gasteiger partial charge in [0.05, 0.1) is 29.5 Å². The van der Waals surface area contributed by atoms with E-state index >= 15 is 0 Å². The quantitative estimate of drug-likeness (QED) is 0.309. The molecule has 1 fully saturated rings. The fraction of sp³-hybridized carbons (Fsp3) is 0.364. The summed E-state index contributed by atoms with van der Waals surface area (Å²) in [7, 11) is 0. The molecule has 32 heavy (non-hydrogen) atoms. The van der Waals surface area contributed by atoms with Crippen molar-refractivity contribution in [1.29, 1.82) is 0 Å². The Bertz CT molecular complexity index is 1200. The number of thiophene rings is 1. The van der Waals surface area contributed by atoms with E-state index in [0.29, 0.717) is 42.8 Å². The van der Waals surface area contributed by atoms with Gasteiger partial charge in [-0.25, -0.2) is 9.37 Å². The van der Waals surface area contributed by atoms with Crippen molar-refractivity contribution < 1.29 is 18.7 Å². The largest absolute Gasteiger partial charge is 0.466 e. The van der Waals surface area contributed by atoms with E-state index in [-0.39, 0.29) is 40.0 Å². The number of ether oxygens (including phenoxy) is 1. The average molecular weight is 476 g/mol. The van der Waals surface area contributed by atoms with Crippen molar-refractivity contribution in [2.45, 2.75) is 24.9 Å². The number of likely N-dealkylation sites (tertiary alicyclic amines) is 1. The van der Waals surface area contributed by atoms with Crippen molar-refractivity contribution in [3.05, 3.63) is 51.9 Å². The number of hydrogen-bond donors (Lipinski definition) is 0. The summed E-state index contributed by atoms with van der Waals surface area (Å²) in [5, 5.41) is 2.03. The number of para-hydroxylation sites is 1. The summed E-state index contributed by atoms with van der Waals surface area (Å²) in [4.78, 5) is 44.0. The molecule has 3 heterocycles. The van der Waals surface area contributed by atoms with Crippen molar-refractivity contribution in [3.8, 4) is 5.69 Å². The van der Waals surface area contributed by atoms with Crippen molar-refractivity contribution >= 4 is 45.2 Å². The van der Waals surface area contributed by atoms with Crippen LogP contribution in [0.15, 0.2) is 45.7 Å². The monoisotopic (exact) mass is 475 g/mol. The molecule has 168 valence electrons. The summed E-state index contributed by atoms with van der Waals surface area (Å²) < 4.78 is 21.2. The SMILES string of the molecule is CCOC(=O)C1CCN(C(=O)CSc2nc3ccsc3c(=O)n2-c2ccccc2F)CC1. The van der Waals surface area contributed by atoms with Crippen LogP contribution in [0.2, 0.25) is 0 Å². The van der Waals surface area contributed by atoms with Gasteiger partial charge in [0.1, 0.15) is 10.5 Å². The molecular weight excluding hydrogens is 453 g/mol. The molecule has 4 rings (SSSR count). The van der Waals surface area contributed by atoms with Crippen molar-refractivity contribution in [2.75, 3.05) is 25.4 Å². The molecule has 0 saturated carbocycles. The van der Waals surface area contributed by atoms with Crippen LogP contribution in [0.4, 0.5) is 4.39 Å². The number of benzene rings is 1. The second-order valence-corrected chi connectivity index (χ2v) is 9.18. The van der Waals surface area contributed by atoms with Gasteiger partial charge in [0.2, 0.25) is 5.91 Å². The molecule has 3 aromatic rings. The standard InChI is InChI=1S/C22H22FN3O4S2/c1-2-30-21(29)14-7-10-25(11-8-14)18(27)13-32-22-24-16-9-12-31-19(16)20(28)26(22)17-6-4-3-5-15(17)23/h3-6,9,12,14H,2,7-8,10-11,13H2,1H3. The topological polar surface area (TPSA) is 81.5 Å². The van der Waals surface area contributed by atoms with Crippen LogP contribution in [0.25, 0.3) is 15.9 Å². The number of halogens is 1.